The Kier molecular flexibility index (Phi) is 23.8. The second kappa shape index (κ2) is 27.1. The van der Waals surface area contributed by atoms with Crippen molar-refractivity contribution in [1.29, 1.82) is 0 Å². The molecule has 0 spiro atoms. The van der Waals surface area contributed by atoms with Crippen molar-refractivity contribution in [3.8, 4) is 0 Å². The molecule has 7 nitrogen and oxygen atoms in total. The van der Waals surface area contributed by atoms with E-state index >= 15 is 0 Å². The lowest BCUT2D eigenvalue weighted by Gasteiger charge is -2.39. The second-order valence-electron chi connectivity index (χ2n) is 16.8. The summed E-state index contributed by atoms with van der Waals surface area (Å²) < 4.78 is 17.5. The van der Waals surface area contributed by atoms with E-state index in [1.807, 2.05) is 32.0 Å². The zero-order chi connectivity index (χ0) is 40.8. The number of allylic oxidation sites excluding steroid dienone is 2. The van der Waals surface area contributed by atoms with Crippen LogP contribution in [0.5, 0.6) is 0 Å². The van der Waals surface area contributed by atoms with Crippen molar-refractivity contribution in [2.45, 2.75) is 196 Å². The molecule has 2 rings (SSSR count). The van der Waals surface area contributed by atoms with Gasteiger partial charge in [-0.15, -0.1) is 0 Å². The minimum absolute atomic E-state index is 0.0389. The van der Waals surface area contributed by atoms with Crippen molar-refractivity contribution in [1.82, 2.24) is 0 Å². The van der Waals surface area contributed by atoms with Gasteiger partial charge in [-0.05, 0) is 107 Å². The Labute approximate surface area is 336 Å². The summed E-state index contributed by atoms with van der Waals surface area (Å²) in [5.74, 6) is 2.62. The highest BCUT2D eigenvalue weighted by atomic mass is 16.6. The maximum atomic E-state index is 13.6. The molecular formula is C48H80O7. The number of rotatable bonds is 28. The number of esters is 3. The molecular weight excluding hydrogens is 689 g/mol. The number of benzene rings is 1. The molecule has 55 heavy (non-hydrogen) atoms. The molecule has 0 radical (unpaired) electrons. The lowest BCUT2D eigenvalue weighted by molar-refractivity contribution is -0.152. The van der Waals surface area contributed by atoms with Crippen LogP contribution in [0.3, 0.4) is 0 Å². The third kappa shape index (κ3) is 17.6. The summed E-state index contributed by atoms with van der Waals surface area (Å²) >= 11 is 0. The fraction of sp³-hybridized carbons (Fsp3) is 0.771. The van der Waals surface area contributed by atoms with Crippen molar-refractivity contribution in [2.24, 2.45) is 41.4 Å². The summed E-state index contributed by atoms with van der Waals surface area (Å²) in [6.45, 7) is 19.3. The predicted octanol–water partition coefficient (Wildman–Crippen LogP) is 11.6. The molecule has 314 valence electrons. The first-order valence-corrected chi connectivity index (χ1v) is 22.3. The highest BCUT2D eigenvalue weighted by Gasteiger charge is 2.46. The number of ether oxygens (including phenoxy) is 3. The molecule has 0 aromatic heterocycles. The summed E-state index contributed by atoms with van der Waals surface area (Å²) in [7, 11) is 0. The number of carbonyl (C=O) groups excluding carboxylic acids is 3. The Bertz CT molecular complexity index is 1230. The third-order valence-electron chi connectivity index (χ3n) is 12.7. The molecule has 0 heterocycles. The first kappa shape index (κ1) is 48.5. The van der Waals surface area contributed by atoms with Crippen LogP contribution in [0.15, 0.2) is 42.5 Å². The van der Waals surface area contributed by atoms with E-state index in [0.29, 0.717) is 69.1 Å². The van der Waals surface area contributed by atoms with Crippen molar-refractivity contribution < 1.29 is 33.7 Å². The van der Waals surface area contributed by atoms with Crippen LogP contribution in [-0.4, -0.2) is 47.4 Å². The van der Waals surface area contributed by atoms with Crippen LogP contribution < -0.4 is 0 Å². The molecule has 1 aromatic rings. The molecule has 0 amide bonds. The van der Waals surface area contributed by atoms with E-state index in [9.17, 15) is 19.5 Å². The Morgan fingerprint density at radius 3 is 2.00 bits per heavy atom. The molecule has 1 aromatic carbocycles. The van der Waals surface area contributed by atoms with Gasteiger partial charge in [-0.25, -0.2) is 0 Å². The number of aliphatic hydroxyl groups excluding tert-OH is 1. The van der Waals surface area contributed by atoms with Gasteiger partial charge in [-0.2, -0.15) is 0 Å². The maximum absolute atomic E-state index is 13.6. The van der Waals surface area contributed by atoms with E-state index in [1.54, 1.807) is 0 Å². The molecule has 1 aliphatic carbocycles. The standard InChI is InChI=1S/C48H80O7/c1-10-35(8)40(12-3)42(14-5)41(13-4)38(11-2)25-22-28-48(52)55-46-33-45(54-36(9)49)43(26-20-15-16-21-27-47(51)53-34(6)7)44(46)32-31-39(50)30-29-37-23-18-17-19-24-37/h15,17-20,23-24,34-35,38-46,50H,10-14,16,21-22,25-33H2,1-9H3/b20-15-/t35?,38?,39-,40?,41?,42?,43+,44+,45-,46+/m0/s1. The zero-order valence-electron chi connectivity index (χ0n) is 36.3. The Morgan fingerprint density at radius 2 is 1.40 bits per heavy atom. The van der Waals surface area contributed by atoms with Gasteiger partial charge in [0.1, 0.15) is 12.2 Å². The number of aliphatic hydroxyl groups is 1. The first-order valence-electron chi connectivity index (χ1n) is 22.3. The quantitative estimate of drug-likeness (QED) is 0.0392. The van der Waals surface area contributed by atoms with E-state index in [0.717, 1.165) is 43.9 Å². The van der Waals surface area contributed by atoms with E-state index in [1.165, 1.54) is 38.2 Å². The Hall–Kier alpha value is -2.67. The predicted molar refractivity (Wildman–Crippen MR) is 224 cm³/mol. The second-order valence-corrected chi connectivity index (χ2v) is 16.8. The van der Waals surface area contributed by atoms with Gasteiger partial charge in [-0.3, -0.25) is 14.4 Å². The lowest BCUT2D eigenvalue weighted by atomic mass is 9.66. The smallest absolute Gasteiger partial charge is 0.306 e. The number of aryl methyl sites for hydroxylation is 1. The Morgan fingerprint density at radius 1 is 0.745 bits per heavy atom. The van der Waals surface area contributed by atoms with E-state index in [-0.39, 0.29) is 48.1 Å². The van der Waals surface area contributed by atoms with Gasteiger partial charge in [0.15, 0.2) is 0 Å². The molecule has 1 N–H and O–H groups in total. The normalized spacial score (nSPS) is 21.9. The molecule has 0 bridgehead atoms. The van der Waals surface area contributed by atoms with Gasteiger partial charge in [0, 0.05) is 38.0 Å². The van der Waals surface area contributed by atoms with Crippen molar-refractivity contribution in [3.63, 3.8) is 0 Å². The van der Waals surface area contributed by atoms with E-state index < -0.39 is 6.10 Å². The largest absolute Gasteiger partial charge is 0.463 e. The molecule has 1 fully saturated rings. The van der Waals surface area contributed by atoms with Crippen LogP contribution in [0, 0.1) is 41.4 Å². The summed E-state index contributed by atoms with van der Waals surface area (Å²) in [6.07, 6.45) is 16.7. The number of hydrogen-bond donors (Lipinski definition) is 1. The summed E-state index contributed by atoms with van der Waals surface area (Å²) in [4.78, 5) is 37.8. The molecule has 5 unspecified atom stereocenters. The van der Waals surface area contributed by atoms with Gasteiger partial charge in [0.25, 0.3) is 0 Å². The van der Waals surface area contributed by atoms with E-state index in [2.05, 4.69) is 65.8 Å². The monoisotopic (exact) mass is 769 g/mol. The summed E-state index contributed by atoms with van der Waals surface area (Å²) in [5, 5.41) is 11.1. The minimum Gasteiger partial charge on any atom is -0.463 e. The van der Waals surface area contributed by atoms with Crippen molar-refractivity contribution in [3.05, 3.63) is 48.0 Å². The average molecular weight is 769 g/mol. The topological polar surface area (TPSA) is 99.1 Å². The van der Waals surface area contributed by atoms with Crippen LogP contribution in [0.4, 0.5) is 0 Å². The van der Waals surface area contributed by atoms with E-state index in [4.69, 9.17) is 14.2 Å². The zero-order valence-corrected chi connectivity index (χ0v) is 36.3. The minimum atomic E-state index is -0.483. The highest BCUT2D eigenvalue weighted by Crippen LogP contribution is 2.43. The summed E-state index contributed by atoms with van der Waals surface area (Å²) in [6, 6.07) is 10.2. The van der Waals surface area contributed by atoms with Crippen LogP contribution >= 0.6 is 0 Å². The molecule has 1 aliphatic rings. The number of unbranched alkanes of at least 4 members (excludes halogenated alkanes) is 1. The molecule has 10 atom stereocenters. The van der Waals surface area contributed by atoms with Crippen molar-refractivity contribution >= 4 is 17.9 Å². The van der Waals surface area contributed by atoms with Crippen molar-refractivity contribution in [2.75, 3.05) is 0 Å². The fourth-order valence-corrected chi connectivity index (χ4v) is 9.70. The molecule has 0 aliphatic heterocycles. The summed E-state index contributed by atoms with van der Waals surface area (Å²) in [5.41, 5.74) is 1.20. The first-order chi connectivity index (χ1) is 26.4. The third-order valence-corrected chi connectivity index (χ3v) is 12.7. The van der Waals surface area contributed by atoms with Gasteiger partial charge < -0.3 is 19.3 Å². The van der Waals surface area contributed by atoms with Gasteiger partial charge in [0.05, 0.1) is 12.2 Å². The van der Waals surface area contributed by atoms with Gasteiger partial charge >= 0.3 is 17.9 Å². The average Bonchev–Trinajstić information content (AvgIpc) is 3.46. The fourth-order valence-electron chi connectivity index (χ4n) is 9.70. The molecule has 7 heteroatoms. The van der Waals surface area contributed by atoms with Crippen LogP contribution in [0.2, 0.25) is 0 Å². The molecule has 0 saturated heterocycles. The highest BCUT2D eigenvalue weighted by molar-refractivity contribution is 5.70. The molecule has 1 saturated carbocycles. The number of carbonyl (C=O) groups is 3. The van der Waals surface area contributed by atoms with Crippen LogP contribution in [-0.2, 0) is 35.0 Å². The van der Waals surface area contributed by atoms with Gasteiger partial charge in [0.2, 0.25) is 0 Å². The number of hydrogen-bond acceptors (Lipinski definition) is 7. The van der Waals surface area contributed by atoms with Crippen LogP contribution in [0.25, 0.3) is 0 Å². The SMILES string of the molecule is CCC(C)C(CC)C(CC)C(CC)C(CC)CCCC(=O)O[C@@H]1C[C@H](OC(C)=O)[C@H](C/C=C\CCCC(=O)OC(C)C)[C@H]1CC[C@@H](O)CCc1ccccc1. The maximum Gasteiger partial charge on any atom is 0.306 e. The lowest BCUT2D eigenvalue weighted by Crippen LogP contribution is -2.32. The van der Waals surface area contributed by atoms with Crippen LogP contribution in [0.1, 0.15) is 171 Å². The Balaban J connectivity index is 2.14. The van der Waals surface area contributed by atoms with Gasteiger partial charge in [-0.1, -0.05) is 116 Å².